The van der Waals surface area contributed by atoms with Gasteiger partial charge in [-0.1, -0.05) is 18.0 Å². The minimum absolute atomic E-state index is 0.0458. The Morgan fingerprint density at radius 1 is 1.25 bits per heavy atom. The molecule has 2 heterocycles. The molecule has 1 saturated heterocycles. The molecule has 0 amide bonds. The number of sulfonamides is 1. The molecular weight excluding hydrogens is 300 g/mol. The van der Waals surface area contributed by atoms with Crippen LogP contribution in [0.4, 0.5) is 0 Å². The number of aliphatic hydroxyl groups is 1. The Morgan fingerprint density at radius 2 is 1.90 bits per heavy atom. The number of nitrogens with zero attached hydrogens (tertiary/aromatic N) is 2. The lowest BCUT2D eigenvalue weighted by Crippen LogP contribution is -2.53. The average Bonchev–Trinajstić information content (AvgIpc) is 2.38. The number of piperidine rings is 1. The quantitative estimate of drug-likeness (QED) is 0.898. The van der Waals surface area contributed by atoms with Gasteiger partial charge < -0.3 is 5.11 Å². The second-order valence-electron chi connectivity index (χ2n) is 5.60. The van der Waals surface area contributed by atoms with E-state index in [1.54, 1.807) is 0 Å². The lowest BCUT2D eigenvalue weighted by Gasteiger charge is -2.44. The number of hydrogen-bond donors (Lipinski definition) is 1. The van der Waals surface area contributed by atoms with E-state index in [9.17, 15) is 13.5 Å². The summed E-state index contributed by atoms with van der Waals surface area (Å²) in [5.41, 5.74) is 0. The zero-order valence-electron chi connectivity index (χ0n) is 10.9. The Bertz CT molecular complexity index is 593. The van der Waals surface area contributed by atoms with Crippen molar-refractivity contribution in [1.82, 2.24) is 9.29 Å². The second-order valence-corrected chi connectivity index (χ2v) is 7.98. The summed E-state index contributed by atoms with van der Waals surface area (Å²) in [6, 6.07) is 1.42. The smallest absolute Gasteiger partial charge is 0.244 e. The molecule has 110 valence electrons. The molecule has 5 nitrogen and oxygen atoms in total. The predicted molar refractivity (Wildman–Crippen MR) is 74.8 cm³/mol. The number of halogens is 1. The molecule has 2 bridgehead atoms. The first kappa shape index (κ1) is 14.3. The first-order chi connectivity index (χ1) is 9.48. The number of aromatic nitrogens is 1. The van der Waals surface area contributed by atoms with E-state index >= 15 is 0 Å². The Hall–Kier alpha value is -0.690. The van der Waals surface area contributed by atoms with Gasteiger partial charge in [-0.3, -0.25) is 4.98 Å². The highest BCUT2D eigenvalue weighted by Crippen LogP contribution is 2.36. The molecule has 1 aliphatic heterocycles. The molecule has 3 atom stereocenters. The highest BCUT2D eigenvalue weighted by atomic mass is 35.5. The van der Waals surface area contributed by atoms with Crippen LogP contribution in [0, 0.1) is 11.8 Å². The summed E-state index contributed by atoms with van der Waals surface area (Å²) in [6.07, 6.45) is 5.21. The molecule has 0 aromatic carbocycles. The summed E-state index contributed by atoms with van der Waals surface area (Å²) in [5.74, 6) is 0.0915. The Kier molecular flexibility index (Phi) is 3.75. The van der Waals surface area contributed by atoms with Gasteiger partial charge in [0.2, 0.25) is 10.0 Å². The molecule has 2 aliphatic rings. The van der Waals surface area contributed by atoms with Gasteiger partial charge in [-0.05, 0) is 30.7 Å². The van der Waals surface area contributed by atoms with Gasteiger partial charge >= 0.3 is 0 Å². The molecule has 0 radical (unpaired) electrons. The topological polar surface area (TPSA) is 70.5 Å². The van der Waals surface area contributed by atoms with Gasteiger partial charge in [-0.2, -0.15) is 4.31 Å². The minimum Gasteiger partial charge on any atom is -0.392 e. The third kappa shape index (κ3) is 2.45. The van der Waals surface area contributed by atoms with E-state index in [4.69, 9.17) is 11.6 Å². The van der Waals surface area contributed by atoms with Crippen molar-refractivity contribution in [3.8, 4) is 0 Å². The number of aliphatic hydroxyl groups excluding tert-OH is 1. The van der Waals surface area contributed by atoms with Crippen LogP contribution in [0.15, 0.2) is 23.4 Å². The van der Waals surface area contributed by atoms with Crippen molar-refractivity contribution in [2.24, 2.45) is 11.8 Å². The molecule has 3 rings (SSSR count). The molecule has 20 heavy (non-hydrogen) atoms. The lowest BCUT2D eigenvalue weighted by atomic mass is 9.76. The van der Waals surface area contributed by atoms with Crippen molar-refractivity contribution in [2.45, 2.75) is 30.3 Å². The summed E-state index contributed by atoms with van der Waals surface area (Å²) in [4.78, 5) is 3.97. The van der Waals surface area contributed by atoms with Gasteiger partial charge in [0.25, 0.3) is 0 Å². The second kappa shape index (κ2) is 5.26. The zero-order valence-corrected chi connectivity index (χ0v) is 12.5. The highest BCUT2D eigenvalue weighted by Gasteiger charge is 2.42. The molecule has 1 saturated carbocycles. The van der Waals surface area contributed by atoms with Gasteiger partial charge in [0.05, 0.1) is 11.1 Å². The van der Waals surface area contributed by atoms with Crippen LogP contribution in [-0.2, 0) is 10.0 Å². The van der Waals surface area contributed by atoms with Crippen molar-refractivity contribution in [3.63, 3.8) is 0 Å². The van der Waals surface area contributed by atoms with Crippen LogP contribution in [0.3, 0.4) is 0 Å². The zero-order chi connectivity index (χ0) is 14.3. The summed E-state index contributed by atoms with van der Waals surface area (Å²) < 4.78 is 26.7. The molecular formula is C13H17ClN2O3S. The van der Waals surface area contributed by atoms with E-state index in [0.717, 1.165) is 19.3 Å². The van der Waals surface area contributed by atoms with Crippen molar-refractivity contribution in [1.29, 1.82) is 0 Å². The monoisotopic (exact) mass is 316 g/mol. The molecule has 7 heteroatoms. The molecule has 1 aliphatic carbocycles. The molecule has 1 unspecified atom stereocenters. The Labute approximate surface area is 123 Å². The van der Waals surface area contributed by atoms with Crippen molar-refractivity contribution in [3.05, 3.63) is 23.5 Å². The maximum Gasteiger partial charge on any atom is 0.244 e. The van der Waals surface area contributed by atoms with E-state index in [1.165, 1.54) is 22.8 Å². The first-order valence-electron chi connectivity index (χ1n) is 6.77. The van der Waals surface area contributed by atoms with E-state index in [-0.39, 0.29) is 22.8 Å². The third-order valence-corrected chi connectivity index (χ3v) is 6.31. The number of rotatable bonds is 2. The Balaban J connectivity index is 1.89. The van der Waals surface area contributed by atoms with Crippen LogP contribution in [0.1, 0.15) is 19.3 Å². The fourth-order valence-corrected chi connectivity index (χ4v) is 5.03. The highest BCUT2D eigenvalue weighted by molar-refractivity contribution is 7.89. The van der Waals surface area contributed by atoms with Gasteiger partial charge in [-0.15, -0.1) is 0 Å². The molecule has 0 spiro atoms. The van der Waals surface area contributed by atoms with Crippen LogP contribution in [0.2, 0.25) is 5.02 Å². The maximum absolute atomic E-state index is 12.6. The minimum atomic E-state index is -3.57. The predicted octanol–water partition coefficient (Wildman–Crippen LogP) is 1.52. The first-order valence-corrected chi connectivity index (χ1v) is 8.59. The largest absolute Gasteiger partial charge is 0.392 e. The van der Waals surface area contributed by atoms with Crippen LogP contribution in [-0.4, -0.2) is 42.0 Å². The van der Waals surface area contributed by atoms with Crippen LogP contribution in [0.25, 0.3) is 0 Å². The van der Waals surface area contributed by atoms with Gasteiger partial charge in [0.1, 0.15) is 4.90 Å². The summed E-state index contributed by atoms with van der Waals surface area (Å²) in [5, 5.41) is 10.4. The third-order valence-electron chi connectivity index (χ3n) is 4.31. The lowest BCUT2D eigenvalue weighted by molar-refractivity contribution is -0.0269. The normalized spacial score (nSPS) is 31.2. The van der Waals surface area contributed by atoms with Crippen LogP contribution in [0.5, 0.6) is 0 Å². The van der Waals surface area contributed by atoms with Gasteiger partial charge in [0, 0.05) is 25.5 Å². The standard InChI is InChI=1S/C13H17ClN2O3S/c14-11-4-12(6-15-5-11)20(18,19)16-7-9-2-1-3-10(8-16)13(9)17/h4-6,9-10,13,17H,1-3,7-8H2/t9-,10+,13?. The van der Waals surface area contributed by atoms with Gasteiger partial charge in [0.15, 0.2) is 0 Å². The van der Waals surface area contributed by atoms with E-state index in [2.05, 4.69) is 4.98 Å². The maximum atomic E-state index is 12.6. The Morgan fingerprint density at radius 3 is 2.50 bits per heavy atom. The fraction of sp³-hybridized carbons (Fsp3) is 0.615. The van der Waals surface area contributed by atoms with Crippen molar-refractivity contribution >= 4 is 21.6 Å². The number of hydrogen-bond acceptors (Lipinski definition) is 4. The van der Waals surface area contributed by atoms with Gasteiger partial charge in [-0.25, -0.2) is 8.42 Å². The fourth-order valence-electron chi connectivity index (χ4n) is 3.24. The van der Waals surface area contributed by atoms with Crippen molar-refractivity contribution < 1.29 is 13.5 Å². The molecule has 2 fully saturated rings. The van der Waals surface area contributed by atoms with Crippen LogP contribution < -0.4 is 0 Å². The molecule has 1 aromatic rings. The average molecular weight is 317 g/mol. The van der Waals surface area contributed by atoms with E-state index < -0.39 is 10.0 Å². The summed E-state index contributed by atoms with van der Waals surface area (Å²) in [7, 11) is -3.57. The van der Waals surface area contributed by atoms with Crippen molar-refractivity contribution in [2.75, 3.05) is 13.1 Å². The number of pyridine rings is 1. The SMILES string of the molecule is O=S(=O)(c1cncc(Cl)c1)N1C[C@H]2CCC[C@@H](C1)C2O. The summed E-state index contributed by atoms with van der Waals surface area (Å²) >= 11 is 5.82. The van der Waals surface area contributed by atoms with Crippen LogP contribution >= 0.6 is 11.6 Å². The molecule has 1 aromatic heterocycles. The summed E-state index contributed by atoms with van der Waals surface area (Å²) in [6.45, 7) is 0.763. The number of fused-ring (bicyclic) bond motifs is 2. The van der Waals surface area contributed by atoms with E-state index in [1.807, 2.05) is 0 Å². The van der Waals surface area contributed by atoms with E-state index in [0.29, 0.717) is 18.1 Å². The molecule has 1 N–H and O–H groups in total.